The van der Waals surface area contributed by atoms with E-state index in [0.717, 1.165) is 12.3 Å². The molecule has 0 atom stereocenters. The van der Waals surface area contributed by atoms with Crippen LogP contribution < -0.4 is 5.32 Å². The van der Waals surface area contributed by atoms with E-state index in [0.29, 0.717) is 10.8 Å². The van der Waals surface area contributed by atoms with E-state index < -0.39 is 11.7 Å². The van der Waals surface area contributed by atoms with Crippen LogP contribution in [0.15, 0.2) is 36.8 Å². The van der Waals surface area contributed by atoms with Crippen LogP contribution in [0, 0.1) is 5.82 Å². The average molecular weight is 252 g/mol. The Balaban J connectivity index is 2.17. The van der Waals surface area contributed by atoms with Gasteiger partial charge in [0.15, 0.2) is 0 Å². The van der Waals surface area contributed by atoms with E-state index in [-0.39, 0.29) is 5.56 Å². The SMILES string of the molecule is O=C(Nc1cc(Cl)ccn1)c1cncc(F)c1. The van der Waals surface area contributed by atoms with Crippen LogP contribution in [0.5, 0.6) is 0 Å². The Morgan fingerprint density at radius 2 is 2.18 bits per heavy atom. The van der Waals surface area contributed by atoms with Crippen LogP contribution in [-0.4, -0.2) is 15.9 Å². The van der Waals surface area contributed by atoms with Crippen LogP contribution >= 0.6 is 11.6 Å². The van der Waals surface area contributed by atoms with E-state index in [4.69, 9.17) is 11.6 Å². The Hall–Kier alpha value is -2.01. The number of pyridine rings is 2. The minimum absolute atomic E-state index is 0.117. The van der Waals surface area contributed by atoms with Gasteiger partial charge in [-0.2, -0.15) is 0 Å². The van der Waals surface area contributed by atoms with Crippen molar-refractivity contribution in [1.82, 2.24) is 9.97 Å². The predicted molar refractivity (Wildman–Crippen MR) is 61.4 cm³/mol. The summed E-state index contributed by atoms with van der Waals surface area (Å²) in [6, 6.07) is 4.17. The van der Waals surface area contributed by atoms with Crippen molar-refractivity contribution in [1.29, 1.82) is 0 Å². The van der Waals surface area contributed by atoms with E-state index in [2.05, 4.69) is 15.3 Å². The number of anilines is 1. The molecule has 4 nitrogen and oxygen atoms in total. The highest BCUT2D eigenvalue weighted by Crippen LogP contribution is 2.12. The van der Waals surface area contributed by atoms with Gasteiger partial charge >= 0.3 is 0 Å². The highest BCUT2D eigenvalue weighted by Gasteiger charge is 2.08. The lowest BCUT2D eigenvalue weighted by atomic mass is 10.2. The Morgan fingerprint density at radius 3 is 2.88 bits per heavy atom. The second-order valence-electron chi connectivity index (χ2n) is 3.21. The van der Waals surface area contributed by atoms with Gasteiger partial charge in [0.2, 0.25) is 0 Å². The normalized spacial score (nSPS) is 10.0. The van der Waals surface area contributed by atoms with Gasteiger partial charge in [-0.3, -0.25) is 9.78 Å². The lowest BCUT2D eigenvalue weighted by Crippen LogP contribution is -2.13. The van der Waals surface area contributed by atoms with E-state index in [9.17, 15) is 9.18 Å². The Bertz CT molecular complexity index is 562. The molecule has 2 aromatic heterocycles. The van der Waals surface area contributed by atoms with Gasteiger partial charge in [0, 0.05) is 17.4 Å². The molecule has 0 saturated heterocycles. The van der Waals surface area contributed by atoms with Crippen LogP contribution in [0.25, 0.3) is 0 Å². The summed E-state index contributed by atoms with van der Waals surface area (Å²) < 4.78 is 12.9. The molecule has 17 heavy (non-hydrogen) atoms. The molecule has 86 valence electrons. The van der Waals surface area contributed by atoms with Gasteiger partial charge in [-0.05, 0) is 18.2 Å². The fourth-order valence-electron chi connectivity index (χ4n) is 1.20. The number of rotatable bonds is 2. The summed E-state index contributed by atoms with van der Waals surface area (Å²) in [6.07, 6.45) is 3.75. The summed E-state index contributed by atoms with van der Waals surface area (Å²) in [5.74, 6) is -0.768. The lowest BCUT2D eigenvalue weighted by Gasteiger charge is -2.04. The maximum atomic E-state index is 12.9. The molecule has 1 N–H and O–H groups in total. The van der Waals surface area contributed by atoms with E-state index in [1.54, 1.807) is 6.07 Å². The monoisotopic (exact) mass is 251 g/mol. The molecule has 6 heteroatoms. The zero-order valence-corrected chi connectivity index (χ0v) is 9.28. The van der Waals surface area contributed by atoms with Crippen molar-refractivity contribution >= 4 is 23.3 Å². The summed E-state index contributed by atoms with van der Waals surface area (Å²) in [7, 11) is 0. The molecule has 0 radical (unpaired) electrons. The van der Waals surface area contributed by atoms with Crippen molar-refractivity contribution < 1.29 is 9.18 Å². The summed E-state index contributed by atoms with van der Waals surface area (Å²) in [5.41, 5.74) is 0.117. The Labute approximate surface area is 101 Å². The molecule has 1 amide bonds. The summed E-state index contributed by atoms with van der Waals surface area (Å²) in [6.45, 7) is 0. The molecule has 2 heterocycles. The van der Waals surface area contributed by atoms with Crippen molar-refractivity contribution in [3.63, 3.8) is 0 Å². The maximum absolute atomic E-state index is 12.9. The Morgan fingerprint density at radius 1 is 1.35 bits per heavy atom. The summed E-state index contributed by atoms with van der Waals surface area (Å²) in [5, 5.41) is 2.94. The molecule has 0 fully saturated rings. The van der Waals surface area contributed by atoms with Crippen LogP contribution in [0.2, 0.25) is 5.02 Å². The zero-order chi connectivity index (χ0) is 12.3. The number of nitrogens with zero attached hydrogens (tertiary/aromatic N) is 2. The molecule has 0 aliphatic heterocycles. The van der Waals surface area contributed by atoms with Crippen LogP contribution in [0.1, 0.15) is 10.4 Å². The topological polar surface area (TPSA) is 54.9 Å². The first-order chi connectivity index (χ1) is 8.15. The molecule has 0 aliphatic rings. The molecule has 0 aliphatic carbocycles. The van der Waals surface area contributed by atoms with Crippen LogP contribution in [0.3, 0.4) is 0 Å². The van der Waals surface area contributed by atoms with E-state index in [1.165, 1.54) is 18.5 Å². The van der Waals surface area contributed by atoms with Crippen molar-refractivity contribution in [3.8, 4) is 0 Å². The van der Waals surface area contributed by atoms with Gasteiger partial charge < -0.3 is 5.32 Å². The molecule has 2 rings (SSSR count). The lowest BCUT2D eigenvalue weighted by molar-refractivity contribution is 0.102. The number of carbonyl (C=O) groups excluding carboxylic acids is 1. The summed E-state index contributed by atoms with van der Waals surface area (Å²) >= 11 is 5.74. The van der Waals surface area contributed by atoms with Gasteiger partial charge in [-0.15, -0.1) is 0 Å². The third-order valence-corrected chi connectivity index (χ3v) is 2.17. The number of amides is 1. The molecular weight excluding hydrogens is 245 g/mol. The molecule has 0 unspecified atom stereocenters. The first-order valence-corrected chi connectivity index (χ1v) is 5.06. The minimum atomic E-state index is -0.572. The van der Waals surface area contributed by atoms with Gasteiger partial charge in [-0.25, -0.2) is 9.37 Å². The second-order valence-corrected chi connectivity index (χ2v) is 3.64. The first kappa shape index (κ1) is 11.5. The van der Waals surface area contributed by atoms with Crippen molar-refractivity contribution in [2.45, 2.75) is 0 Å². The largest absolute Gasteiger partial charge is 0.306 e. The number of hydrogen-bond acceptors (Lipinski definition) is 3. The first-order valence-electron chi connectivity index (χ1n) is 4.68. The third-order valence-electron chi connectivity index (χ3n) is 1.93. The second kappa shape index (κ2) is 4.88. The van der Waals surface area contributed by atoms with Crippen LogP contribution in [-0.2, 0) is 0 Å². The van der Waals surface area contributed by atoms with Crippen molar-refractivity contribution in [3.05, 3.63) is 53.2 Å². The van der Waals surface area contributed by atoms with Crippen molar-refractivity contribution in [2.24, 2.45) is 0 Å². The quantitative estimate of drug-likeness (QED) is 0.892. The number of hydrogen-bond donors (Lipinski definition) is 1. The van der Waals surface area contributed by atoms with Gasteiger partial charge in [0.05, 0.1) is 11.8 Å². The molecule has 0 saturated carbocycles. The number of aromatic nitrogens is 2. The number of halogens is 2. The highest BCUT2D eigenvalue weighted by atomic mass is 35.5. The summed E-state index contributed by atoms with van der Waals surface area (Å²) in [4.78, 5) is 19.2. The smallest absolute Gasteiger partial charge is 0.258 e. The molecule has 0 bridgehead atoms. The van der Waals surface area contributed by atoms with Crippen LogP contribution in [0.4, 0.5) is 10.2 Å². The predicted octanol–water partition coefficient (Wildman–Crippen LogP) is 2.52. The van der Waals surface area contributed by atoms with Gasteiger partial charge in [-0.1, -0.05) is 11.6 Å². The molecule has 0 spiro atoms. The number of carbonyl (C=O) groups is 1. The average Bonchev–Trinajstić information content (AvgIpc) is 2.29. The molecular formula is C11H7ClFN3O. The molecule has 2 aromatic rings. The minimum Gasteiger partial charge on any atom is -0.306 e. The van der Waals surface area contributed by atoms with Crippen molar-refractivity contribution in [2.75, 3.05) is 5.32 Å². The number of nitrogens with one attached hydrogen (secondary N) is 1. The highest BCUT2D eigenvalue weighted by molar-refractivity contribution is 6.30. The van der Waals surface area contributed by atoms with E-state index in [1.807, 2.05) is 0 Å². The zero-order valence-electron chi connectivity index (χ0n) is 8.52. The van der Waals surface area contributed by atoms with E-state index >= 15 is 0 Å². The fraction of sp³-hybridized carbons (Fsp3) is 0. The third kappa shape index (κ3) is 2.98. The Kier molecular flexibility index (Phi) is 3.30. The standard InChI is InChI=1S/C11H7ClFN3O/c12-8-1-2-15-10(4-8)16-11(17)7-3-9(13)6-14-5-7/h1-6H,(H,15,16,17). The van der Waals surface area contributed by atoms with Gasteiger partial charge in [0.1, 0.15) is 11.6 Å². The fourth-order valence-corrected chi connectivity index (χ4v) is 1.36. The maximum Gasteiger partial charge on any atom is 0.258 e. The molecule has 0 aromatic carbocycles. The van der Waals surface area contributed by atoms with Gasteiger partial charge in [0.25, 0.3) is 5.91 Å².